The lowest BCUT2D eigenvalue weighted by molar-refractivity contribution is 1.14. The van der Waals surface area contributed by atoms with Crippen LogP contribution in [-0.2, 0) is 12.8 Å². The first kappa shape index (κ1) is 11.1. The number of aryl methyl sites for hydroxylation is 2. The SMILES string of the molecule is CCc1ccc2nc3cc(CC)ccc3nc2c1. The normalized spacial score (nSPS) is 11.2. The minimum atomic E-state index is 0.980. The van der Waals surface area contributed by atoms with Gasteiger partial charge in [-0.05, 0) is 48.2 Å². The first-order valence-corrected chi connectivity index (χ1v) is 6.49. The van der Waals surface area contributed by atoms with Gasteiger partial charge in [0.25, 0.3) is 0 Å². The van der Waals surface area contributed by atoms with E-state index in [1.165, 1.54) is 11.1 Å². The summed E-state index contributed by atoms with van der Waals surface area (Å²) in [5.74, 6) is 0. The molecule has 0 atom stereocenters. The van der Waals surface area contributed by atoms with Crippen LogP contribution in [-0.4, -0.2) is 9.97 Å². The quantitative estimate of drug-likeness (QED) is 0.630. The molecule has 2 heteroatoms. The summed E-state index contributed by atoms with van der Waals surface area (Å²) in [7, 11) is 0. The molecule has 90 valence electrons. The van der Waals surface area contributed by atoms with E-state index in [0.29, 0.717) is 0 Å². The lowest BCUT2D eigenvalue weighted by atomic mass is 10.1. The Hall–Kier alpha value is -1.96. The summed E-state index contributed by atoms with van der Waals surface area (Å²) < 4.78 is 0. The third-order valence-corrected chi connectivity index (χ3v) is 3.38. The van der Waals surface area contributed by atoms with Crippen LogP contribution in [0.2, 0.25) is 0 Å². The molecule has 3 aromatic rings. The fourth-order valence-electron chi connectivity index (χ4n) is 2.21. The summed E-state index contributed by atoms with van der Waals surface area (Å²) in [6.45, 7) is 4.31. The van der Waals surface area contributed by atoms with Crippen LogP contribution in [0.1, 0.15) is 25.0 Å². The Bertz CT molecular complexity index is 653. The van der Waals surface area contributed by atoms with Crippen LogP contribution < -0.4 is 0 Å². The largest absolute Gasteiger partial charge is 0.244 e. The third-order valence-electron chi connectivity index (χ3n) is 3.38. The molecule has 0 unspecified atom stereocenters. The molecular formula is C16H16N2. The van der Waals surface area contributed by atoms with Crippen molar-refractivity contribution in [3.63, 3.8) is 0 Å². The Labute approximate surface area is 107 Å². The fourth-order valence-corrected chi connectivity index (χ4v) is 2.21. The average molecular weight is 236 g/mol. The summed E-state index contributed by atoms with van der Waals surface area (Å²) >= 11 is 0. The van der Waals surface area contributed by atoms with Gasteiger partial charge in [-0.1, -0.05) is 26.0 Å². The summed E-state index contributed by atoms with van der Waals surface area (Å²) in [6, 6.07) is 12.7. The number of hydrogen-bond acceptors (Lipinski definition) is 2. The smallest absolute Gasteiger partial charge is 0.0897 e. The van der Waals surface area contributed by atoms with Gasteiger partial charge < -0.3 is 0 Å². The van der Waals surface area contributed by atoms with Gasteiger partial charge in [0.15, 0.2) is 0 Å². The summed E-state index contributed by atoms with van der Waals surface area (Å²) in [5.41, 5.74) is 6.56. The van der Waals surface area contributed by atoms with E-state index in [4.69, 9.17) is 9.97 Å². The zero-order chi connectivity index (χ0) is 12.5. The maximum atomic E-state index is 4.70. The zero-order valence-electron chi connectivity index (χ0n) is 10.8. The van der Waals surface area contributed by atoms with Gasteiger partial charge in [-0.2, -0.15) is 0 Å². The average Bonchev–Trinajstić information content (AvgIpc) is 2.43. The van der Waals surface area contributed by atoms with Crippen molar-refractivity contribution in [3.05, 3.63) is 47.5 Å². The maximum absolute atomic E-state index is 4.70. The van der Waals surface area contributed by atoms with Gasteiger partial charge in [-0.15, -0.1) is 0 Å². The molecule has 0 aliphatic heterocycles. The van der Waals surface area contributed by atoms with Crippen molar-refractivity contribution in [1.82, 2.24) is 9.97 Å². The fraction of sp³-hybridized carbons (Fsp3) is 0.250. The third kappa shape index (κ3) is 1.84. The van der Waals surface area contributed by atoms with E-state index in [2.05, 4.69) is 50.2 Å². The highest BCUT2D eigenvalue weighted by Crippen LogP contribution is 2.19. The number of fused-ring (bicyclic) bond motifs is 2. The van der Waals surface area contributed by atoms with Crippen molar-refractivity contribution >= 4 is 22.1 Å². The van der Waals surface area contributed by atoms with Gasteiger partial charge in [0.2, 0.25) is 0 Å². The predicted molar refractivity (Wildman–Crippen MR) is 75.8 cm³/mol. The maximum Gasteiger partial charge on any atom is 0.0897 e. The molecule has 0 amide bonds. The monoisotopic (exact) mass is 236 g/mol. The molecule has 0 saturated carbocycles. The van der Waals surface area contributed by atoms with Crippen molar-refractivity contribution < 1.29 is 0 Å². The van der Waals surface area contributed by atoms with E-state index in [9.17, 15) is 0 Å². The number of benzene rings is 2. The van der Waals surface area contributed by atoms with Crippen LogP contribution >= 0.6 is 0 Å². The molecule has 0 aliphatic carbocycles. The second-order valence-electron chi connectivity index (χ2n) is 4.58. The van der Waals surface area contributed by atoms with Gasteiger partial charge in [0.05, 0.1) is 22.1 Å². The Morgan fingerprint density at radius 1 is 0.667 bits per heavy atom. The van der Waals surface area contributed by atoms with E-state index < -0.39 is 0 Å². The van der Waals surface area contributed by atoms with Gasteiger partial charge in [-0.3, -0.25) is 0 Å². The molecule has 0 radical (unpaired) electrons. The zero-order valence-corrected chi connectivity index (χ0v) is 10.8. The van der Waals surface area contributed by atoms with Crippen LogP contribution in [0.5, 0.6) is 0 Å². The van der Waals surface area contributed by atoms with Crippen molar-refractivity contribution in [2.45, 2.75) is 26.7 Å². The van der Waals surface area contributed by atoms with Crippen LogP contribution in [0.4, 0.5) is 0 Å². The number of rotatable bonds is 2. The molecule has 0 fully saturated rings. The molecule has 1 aromatic heterocycles. The highest BCUT2D eigenvalue weighted by atomic mass is 14.8. The summed E-state index contributed by atoms with van der Waals surface area (Å²) in [6.07, 6.45) is 2.06. The lowest BCUT2D eigenvalue weighted by Crippen LogP contribution is -1.90. The topological polar surface area (TPSA) is 25.8 Å². The van der Waals surface area contributed by atoms with Gasteiger partial charge in [-0.25, -0.2) is 9.97 Å². The standard InChI is InChI=1S/C16H16N2/c1-3-11-5-7-13-15(9-11)17-14-8-6-12(4-2)10-16(14)18-13/h5-10H,3-4H2,1-2H3. The van der Waals surface area contributed by atoms with Crippen LogP contribution in [0, 0.1) is 0 Å². The Balaban J connectivity index is 2.28. The number of nitrogens with zero attached hydrogens (tertiary/aromatic N) is 2. The number of hydrogen-bond donors (Lipinski definition) is 0. The Morgan fingerprint density at radius 3 is 1.50 bits per heavy atom. The van der Waals surface area contributed by atoms with E-state index in [-0.39, 0.29) is 0 Å². The molecule has 0 spiro atoms. The molecule has 0 aliphatic rings. The van der Waals surface area contributed by atoms with Crippen LogP contribution in [0.15, 0.2) is 36.4 Å². The lowest BCUT2D eigenvalue weighted by Gasteiger charge is -2.04. The van der Waals surface area contributed by atoms with E-state index in [1.54, 1.807) is 0 Å². The minimum Gasteiger partial charge on any atom is -0.244 e. The highest BCUT2D eigenvalue weighted by Gasteiger charge is 2.03. The van der Waals surface area contributed by atoms with Crippen molar-refractivity contribution in [2.24, 2.45) is 0 Å². The Kier molecular flexibility index (Phi) is 2.71. The molecule has 18 heavy (non-hydrogen) atoms. The first-order chi connectivity index (χ1) is 8.80. The van der Waals surface area contributed by atoms with Crippen LogP contribution in [0.3, 0.4) is 0 Å². The Morgan fingerprint density at radius 2 is 1.11 bits per heavy atom. The van der Waals surface area contributed by atoms with Crippen molar-refractivity contribution in [3.8, 4) is 0 Å². The summed E-state index contributed by atoms with van der Waals surface area (Å²) in [4.78, 5) is 9.40. The molecular weight excluding hydrogens is 220 g/mol. The predicted octanol–water partition coefficient (Wildman–Crippen LogP) is 3.91. The van der Waals surface area contributed by atoms with Crippen molar-refractivity contribution in [1.29, 1.82) is 0 Å². The van der Waals surface area contributed by atoms with Crippen molar-refractivity contribution in [2.75, 3.05) is 0 Å². The van der Waals surface area contributed by atoms with Gasteiger partial charge >= 0.3 is 0 Å². The molecule has 0 bridgehead atoms. The molecule has 2 nitrogen and oxygen atoms in total. The van der Waals surface area contributed by atoms with Gasteiger partial charge in [0, 0.05) is 0 Å². The van der Waals surface area contributed by atoms with Gasteiger partial charge in [0.1, 0.15) is 0 Å². The van der Waals surface area contributed by atoms with E-state index >= 15 is 0 Å². The highest BCUT2D eigenvalue weighted by molar-refractivity contribution is 5.86. The first-order valence-electron chi connectivity index (χ1n) is 6.49. The molecule has 2 aromatic carbocycles. The second-order valence-corrected chi connectivity index (χ2v) is 4.58. The molecule has 3 rings (SSSR count). The second kappa shape index (κ2) is 4.37. The molecule has 1 heterocycles. The number of aromatic nitrogens is 2. The van der Waals surface area contributed by atoms with Crippen LogP contribution in [0.25, 0.3) is 22.1 Å². The summed E-state index contributed by atoms with van der Waals surface area (Å²) in [5, 5.41) is 0. The molecule has 0 N–H and O–H groups in total. The van der Waals surface area contributed by atoms with E-state index in [0.717, 1.165) is 34.9 Å². The van der Waals surface area contributed by atoms with E-state index in [1.807, 2.05) is 0 Å². The molecule has 0 saturated heterocycles. The minimum absolute atomic E-state index is 0.980.